The molecule has 11 heteroatoms. The zero-order chi connectivity index (χ0) is 25.4. The number of aromatic carboxylic acids is 1. The minimum absolute atomic E-state index is 0.00677. The van der Waals surface area contributed by atoms with Gasteiger partial charge in [0.05, 0.1) is 36.6 Å². The van der Waals surface area contributed by atoms with Gasteiger partial charge in [0, 0.05) is 6.07 Å². The first-order chi connectivity index (χ1) is 16.8. The van der Waals surface area contributed by atoms with E-state index in [2.05, 4.69) is 10.5 Å². The summed E-state index contributed by atoms with van der Waals surface area (Å²) >= 11 is 0. The van der Waals surface area contributed by atoms with Crippen LogP contribution < -0.4 is 19.2 Å². The number of hydrazone groups is 1. The van der Waals surface area contributed by atoms with Crippen molar-refractivity contribution in [1.29, 1.82) is 0 Å². The molecular formula is C24H23N3O7S. The van der Waals surface area contributed by atoms with Crippen LogP contribution in [0.5, 0.6) is 11.5 Å². The van der Waals surface area contributed by atoms with Crippen LogP contribution in [-0.4, -0.2) is 52.4 Å². The molecule has 3 rings (SSSR count). The fourth-order valence-electron chi connectivity index (χ4n) is 3.07. The predicted molar refractivity (Wildman–Crippen MR) is 130 cm³/mol. The van der Waals surface area contributed by atoms with Gasteiger partial charge in [-0.2, -0.15) is 5.10 Å². The van der Waals surface area contributed by atoms with Gasteiger partial charge in [0.15, 0.2) is 0 Å². The number of carbonyl (C=O) groups excluding carboxylic acids is 1. The number of carboxylic acids is 1. The SMILES string of the molecule is COc1ccc(N(CC(=O)N/N=C\c2ccc(C(=O)O)cc2)S(=O)(=O)c2ccccc2)c(OC)c1. The van der Waals surface area contributed by atoms with Gasteiger partial charge in [-0.25, -0.2) is 18.6 Å². The molecule has 1 amide bonds. The van der Waals surface area contributed by atoms with E-state index >= 15 is 0 Å². The Bertz CT molecular complexity index is 1320. The van der Waals surface area contributed by atoms with Gasteiger partial charge in [0.25, 0.3) is 15.9 Å². The van der Waals surface area contributed by atoms with Crippen LogP contribution in [-0.2, 0) is 14.8 Å². The highest BCUT2D eigenvalue weighted by Crippen LogP contribution is 2.35. The minimum atomic E-state index is -4.15. The summed E-state index contributed by atoms with van der Waals surface area (Å²) < 4.78 is 38.4. The van der Waals surface area contributed by atoms with Crippen molar-refractivity contribution < 1.29 is 32.6 Å². The summed E-state index contributed by atoms with van der Waals surface area (Å²) in [4.78, 5) is 23.6. The first-order valence-electron chi connectivity index (χ1n) is 10.2. The average molecular weight is 498 g/mol. The van der Waals surface area contributed by atoms with Gasteiger partial charge in [0.1, 0.15) is 18.0 Å². The third-order valence-electron chi connectivity index (χ3n) is 4.83. The summed E-state index contributed by atoms with van der Waals surface area (Å²) in [6.45, 7) is -0.588. The predicted octanol–water partition coefficient (Wildman–Crippen LogP) is 2.75. The number of nitrogens with one attached hydrogen (secondary N) is 1. The number of benzene rings is 3. The molecule has 0 aliphatic carbocycles. The van der Waals surface area contributed by atoms with Crippen molar-refractivity contribution in [2.75, 3.05) is 25.1 Å². The Kier molecular flexibility index (Phi) is 8.05. The van der Waals surface area contributed by atoms with Crippen molar-refractivity contribution in [1.82, 2.24) is 5.43 Å². The highest BCUT2D eigenvalue weighted by atomic mass is 32.2. The quantitative estimate of drug-likeness (QED) is 0.325. The highest BCUT2D eigenvalue weighted by molar-refractivity contribution is 7.92. The van der Waals surface area contributed by atoms with Crippen molar-refractivity contribution in [3.05, 3.63) is 83.9 Å². The smallest absolute Gasteiger partial charge is 0.335 e. The maximum atomic E-state index is 13.4. The Hall–Kier alpha value is -4.38. The van der Waals surface area contributed by atoms with Gasteiger partial charge in [-0.3, -0.25) is 9.10 Å². The molecule has 0 spiro atoms. The number of carboxylic acid groups (broad SMARTS) is 1. The molecule has 0 aliphatic rings. The first kappa shape index (κ1) is 25.2. The van der Waals surface area contributed by atoms with Gasteiger partial charge in [0.2, 0.25) is 0 Å². The standard InChI is InChI=1S/C24H23N3O7S/c1-33-19-12-13-21(22(14-19)34-2)27(35(31,32)20-6-4-3-5-7-20)16-23(28)26-25-15-17-8-10-18(11-9-17)24(29)30/h3-15H,16H2,1-2H3,(H,26,28)(H,29,30)/b25-15-. The summed E-state index contributed by atoms with van der Waals surface area (Å²) in [5, 5.41) is 12.8. The third-order valence-corrected chi connectivity index (χ3v) is 6.61. The Morgan fingerprint density at radius 1 is 1.00 bits per heavy atom. The van der Waals surface area contributed by atoms with E-state index in [0.717, 1.165) is 4.31 Å². The van der Waals surface area contributed by atoms with E-state index in [4.69, 9.17) is 14.6 Å². The van der Waals surface area contributed by atoms with E-state index in [9.17, 15) is 18.0 Å². The van der Waals surface area contributed by atoms with E-state index in [0.29, 0.717) is 11.3 Å². The molecule has 0 fully saturated rings. The molecular weight excluding hydrogens is 474 g/mol. The van der Waals surface area contributed by atoms with Crippen LogP contribution in [0.15, 0.2) is 82.8 Å². The fraction of sp³-hybridized carbons (Fsp3) is 0.125. The van der Waals surface area contributed by atoms with Gasteiger partial charge < -0.3 is 14.6 Å². The summed E-state index contributed by atoms with van der Waals surface area (Å²) in [6.07, 6.45) is 1.31. The molecule has 2 N–H and O–H groups in total. The molecule has 0 unspecified atom stereocenters. The first-order valence-corrected chi connectivity index (χ1v) is 11.7. The number of rotatable bonds is 10. The van der Waals surface area contributed by atoms with Crippen molar-refractivity contribution >= 4 is 33.8 Å². The summed E-state index contributed by atoms with van der Waals surface area (Å²) in [5.74, 6) is -1.12. The Balaban J connectivity index is 1.87. The van der Waals surface area contributed by atoms with E-state index < -0.39 is 28.4 Å². The van der Waals surface area contributed by atoms with Crippen molar-refractivity contribution in [3.63, 3.8) is 0 Å². The minimum Gasteiger partial charge on any atom is -0.497 e. The lowest BCUT2D eigenvalue weighted by Crippen LogP contribution is -2.39. The van der Waals surface area contributed by atoms with E-state index in [1.54, 1.807) is 24.3 Å². The Morgan fingerprint density at radius 3 is 2.29 bits per heavy atom. The molecule has 10 nitrogen and oxygen atoms in total. The zero-order valence-corrected chi connectivity index (χ0v) is 19.7. The normalized spacial score (nSPS) is 11.1. The van der Waals surface area contributed by atoms with Crippen molar-refractivity contribution in [2.24, 2.45) is 5.10 Å². The third kappa shape index (κ3) is 6.15. The fourth-order valence-corrected chi connectivity index (χ4v) is 4.52. The van der Waals surface area contributed by atoms with E-state index in [1.807, 2.05) is 0 Å². The molecule has 3 aromatic rings. The highest BCUT2D eigenvalue weighted by Gasteiger charge is 2.29. The van der Waals surface area contributed by atoms with Gasteiger partial charge in [-0.1, -0.05) is 30.3 Å². The second kappa shape index (κ2) is 11.2. The van der Waals surface area contributed by atoms with Crippen LogP contribution >= 0.6 is 0 Å². The topological polar surface area (TPSA) is 135 Å². The monoisotopic (exact) mass is 497 g/mol. The lowest BCUT2D eigenvalue weighted by atomic mass is 10.1. The summed E-state index contributed by atoms with van der Waals surface area (Å²) in [5.41, 5.74) is 3.09. The van der Waals surface area contributed by atoms with Crippen molar-refractivity contribution in [3.8, 4) is 11.5 Å². The van der Waals surface area contributed by atoms with Crippen LogP contribution in [0.2, 0.25) is 0 Å². The molecule has 0 heterocycles. The van der Waals surface area contributed by atoms with Crippen molar-refractivity contribution in [2.45, 2.75) is 4.90 Å². The molecule has 0 aromatic heterocycles. The molecule has 0 saturated carbocycles. The molecule has 0 bridgehead atoms. The second-order valence-corrected chi connectivity index (χ2v) is 8.95. The Morgan fingerprint density at radius 2 is 1.69 bits per heavy atom. The van der Waals surface area contributed by atoms with Crippen LogP contribution in [0.1, 0.15) is 15.9 Å². The average Bonchev–Trinajstić information content (AvgIpc) is 2.87. The molecule has 0 saturated heterocycles. The second-order valence-electron chi connectivity index (χ2n) is 7.08. The number of ether oxygens (including phenoxy) is 2. The summed E-state index contributed by atoms with van der Waals surface area (Å²) in [7, 11) is -1.30. The molecule has 0 radical (unpaired) electrons. The van der Waals surface area contributed by atoms with E-state index in [1.165, 1.54) is 69.0 Å². The molecule has 0 aliphatic heterocycles. The lowest BCUT2D eigenvalue weighted by molar-refractivity contribution is -0.119. The number of hydrogen-bond donors (Lipinski definition) is 2. The number of hydrogen-bond acceptors (Lipinski definition) is 7. The number of sulfonamides is 1. The number of nitrogens with zero attached hydrogens (tertiary/aromatic N) is 2. The Labute approximate surface area is 202 Å². The summed E-state index contributed by atoms with van der Waals surface area (Å²) in [6, 6.07) is 18.1. The molecule has 0 atom stereocenters. The largest absolute Gasteiger partial charge is 0.497 e. The van der Waals surface area contributed by atoms with Crippen LogP contribution in [0.3, 0.4) is 0 Å². The van der Waals surface area contributed by atoms with Gasteiger partial charge in [-0.15, -0.1) is 0 Å². The molecule has 182 valence electrons. The number of amides is 1. The van der Waals surface area contributed by atoms with Gasteiger partial charge in [-0.05, 0) is 42.0 Å². The van der Waals surface area contributed by atoms with E-state index in [-0.39, 0.29) is 21.9 Å². The van der Waals surface area contributed by atoms with Crippen LogP contribution in [0.4, 0.5) is 5.69 Å². The lowest BCUT2D eigenvalue weighted by Gasteiger charge is -2.25. The maximum absolute atomic E-state index is 13.4. The maximum Gasteiger partial charge on any atom is 0.335 e. The van der Waals surface area contributed by atoms with Crippen LogP contribution in [0.25, 0.3) is 0 Å². The number of anilines is 1. The molecule has 35 heavy (non-hydrogen) atoms. The van der Waals surface area contributed by atoms with Gasteiger partial charge >= 0.3 is 5.97 Å². The van der Waals surface area contributed by atoms with Crippen LogP contribution in [0, 0.1) is 0 Å². The number of carbonyl (C=O) groups is 2. The molecule has 3 aromatic carbocycles. The zero-order valence-electron chi connectivity index (χ0n) is 18.9. The number of methoxy groups -OCH3 is 2.